The Morgan fingerprint density at radius 1 is 1.11 bits per heavy atom. The molecule has 0 aliphatic rings. The third-order valence-corrected chi connectivity index (χ3v) is 5.47. The quantitative estimate of drug-likeness (QED) is 0.737. The Hall–Kier alpha value is -2.42. The maximum atomic E-state index is 12.7. The molecule has 0 bridgehead atoms. The van der Waals surface area contributed by atoms with E-state index < -0.39 is 28.0 Å². The van der Waals surface area contributed by atoms with Crippen molar-refractivity contribution in [3.8, 4) is 0 Å². The van der Waals surface area contributed by atoms with E-state index in [0.29, 0.717) is 5.56 Å². The van der Waals surface area contributed by atoms with Crippen molar-refractivity contribution in [3.05, 3.63) is 64.7 Å². The molecule has 2 rings (SSSR count). The Morgan fingerprint density at radius 3 is 2.30 bits per heavy atom. The lowest BCUT2D eigenvalue weighted by Crippen LogP contribution is -2.31. The van der Waals surface area contributed by atoms with Crippen LogP contribution in [0.25, 0.3) is 0 Å². The number of hydrogen-bond acceptors (Lipinski definition) is 5. The molecule has 1 atom stereocenters. The van der Waals surface area contributed by atoms with Crippen LogP contribution >= 0.6 is 11.6 Å². The van der Waals surface area contributed by atoms with Gasteiger partial charge in [-0.05, 0) is 25.2 Å². The molecule has 27 heavy (non-hydrogen) atoms. The van der Waals surface area contributed by atoms with Gasteiger partial charge >= 0.3 is 5.97 Å². The molecule has 0 aromatic heterocycles. The highest BCUT2D eigenvalue weighted by Gasteiger charge is 2.28. The monoisotopic (exact) mass is 410 g/mol. The van der Waals surface area contributed by atoms with Gasteiger partial charge in [0.2, 0.25) is 16.1 Å². The summed E-state index contributed by atoms with van der Waals surface area (Å²) in [6.07, 6.45) is -1.19. The summed E-state index contributed by atoms with van der Waals surface area (Å²) in [4.78, 5) is 26.3. The first kappa shape index (κ1) is 20.9. The topological polar surface area (TPSA) is 92.8 Å². The van der Waals surface area contributed by atoms with Crippen molar-refractivity contribution in [3.63, 3.8) is 0 Å². The van der Waals surface area contributed by atoms with Crippen LogP contribution in [-0.2, 0) is 19.6 Å². The van der Waals surface area contributed by atoms with E-state index in [1.165, 1.54) is 24.1 Å². The summed E-state index contributed by atoms with van der Waals surface area (Å²) in [6.45, 7) is 0. The van der Waals surface area contributed by atoms with Crippen molar-refractivity contribution in [2.75, 3.05) is 21.1 Å². The van der Waals surface area contributed by atoms with Crippen LogP contribution in [0.3, 0.4) is 0 Å². The van der Waals surface area contributed by atoms with E-state index in [2.05, 4.69) is 4.72 Å². The number of nitrogens with zero attached hydrogens (tertiary/aromatic N) is 1. The van der Waals surface area contributed by atoms with Crippen molar-refractivity contribution < 1.29 is 22.7 Å². The number of benzene rings is 2. The zero-order chi connectivity index (χ0) is 20.2. The summed E-state index contributed by atoms with van der Waals surface area (Å²) < 4.78 is 31.5. The number of hydrogen-bond donors (Lipinski definition) is 1. The molecule has 1 amide bonds. The molecule has 0 saturated carbocycles. The molecular formula is C18H19ClN2O5S. The minimum absolute atomic E-state index is 0.0131. The fourth-order valence-electron chi connectivity index (χ4n) is 2.24. The minimum Gasteiger partial charge on any atom is -0.444 e. The Morgan fingerprint density at radius 2 is 1.74 bits per heavy atom. The van der Waals surface area contributed by atoms with E-state index >= 15 is 0 Å². The highest BCUT2D eigenvalue weighted by molar-refractivity contribution is 7.89. The number of halogens is 1. The maximum Gasteiger partial charge on any atom is 0.340 e. The number of esters is 1. The maximum absolute atomic E-state index is 12.7. The minimum atomic E-state index is -3.77. The Kier molecular flexibility index (Phi) is 6.59. The van der Waals surface area contributed by atoms with Gasteiger partial charge in [0.1, 0.15) is 0 Å². The summed E-state index contributed by atoms with van der Waals surface area (Å²) in [7, 11) is 0.562. The van der Waals surface area contributed by atoms with Gasteiger partial charge in [0.15, 0.2) is 0 Å². The third-order valence-electron chi connectivity index (χ3n) is 3.73. The largest absolute Gasteiger partial charge is 0.444 e. The summed E-state index contributed by atoms with van der Waals surface area (Å²) in [5.41, 5.74) is 0.333. The normalized spacial score (nSPS) is 12.3. The molecule has 2 aromatic rings. The second-order valence-electron chi connectivity index (χ2n) is 5.78. The van der Waals surface area contributed by atoms with Crippen molar-refractivity contribution in [1.29, 1.82) is 0 Å². The lowest BCUT2D eigenvalue weighted by molar-refractivity contribution is -0.138. The van der Waals surface area contributed by atoms with E-state index in [-0.39, 0.29) is 15.5 Å². The average molecular weight is 411 g/mol. The predicted molar refractivity (Wildman–Crippen MR) is 101 cm³/mol. The summed E-state index contributed by atoms with van der Waals surface area (Å²) >= 11 is 6.04. The van der Waals surface area contributed by atoms with Gasteiger partial charge in [-0.3, -0.25) is 4.79 Å². The first-order chi connectivity index (χ1) is 12.7. The fraction of sp³-hybridized carbons (Fsp3) is 0.222. The number of likely N-dealkylation sites (N-methyl/N-ethyl adjacent to an activating group) is 1. The molecule has 0 spiro atoms. The molecule has 1 unspecified atom stereocenters. The van der Waals surface area contributed by atoms with E-state index in [9.17, 15) is 18.0 Å². The van der Waals surface area contributed by atoms with Crippen molar-refractivity contribution in [2.24, 2.45) is 0 Å². The highest BCUT2D eigenvalue weighted by atomic mass is 35.5. The Balaban J connectivity index is 2.41. The lowest BCUT2D eigenvalue weighted by atomic mass is 10.1. The third kappa shape index (κ3) is 4.85. The van der Waals surface area contributed by atoms with Gasteiger partial charge in [-0.15, -0.1) is 0 Å². The van der Waals surface area contributed by atoms with Crippen LogP contribution in [0.15, 0.2) is 53.4 Å². The first-order valence-corrected chi connectivity index (χ1v) is 9.73. The molecule has 0 aliphatic heterocycles. The van der Waals surface area contributed by atoms with E-state index in [1.807, 2.05) is 0 Å². The van der Waals surface area contributed by atoms with Gasteiger partial charge in [0.05, 0.1) is 15.5 Å². The number of carbonyl (C=O) groups is 2. The van der Waals surface area contributed by atoms with Gasteiger partial charge in [-0.25, -0.2) is 17.9 Å². The average Bonchev–Trinajstić information content (AvgIpc) is 2.66. The van der Waals surface area contributed by atoms with Crippen LogP contribution in [0.1, 0.15) is 22.0 Å². The molecule has 0 radical (unpaired) electrons. The van der Waals surface area contributed by atoms with Gasteiger partial charge in [-0.2, -0.15) is 0 Å². The molecule has 0 aliphatic carbocycles. The molecular weight excluding hydrogens is 392 g/mol. The van der Waals surface area contributed by atoms with Crippen molar-refractivity contribution >= 4 is 33.5 Å². The van der Waals surface area contributed by atoms with Crippen LogP contribution in [0.5, 0.6) is 0 Å². The number of sulfonamides is 1. The number of ether oxygens (including phenoxy) is 1. The SMILES string of the molecule is CNS(=O)(=O)c1ccc(Cl)c(C(=O)OC(C(=O)N(C)C)c2ccccc2)c1. The number of amides is 1. The van der Waals surface area contributed by atoms with Gasteiger partial charge in [0.25, 0.3) is 5.91 Å². The van der Waals surface area contributed by atoms with Crippen LogP contribution in [0.4, 0.5) is 0 Å². The number of nitrogens with one attached hydrogen (secondary N) is 1. The van der Waals surface area contributed by atoms with Gasteiger partial charge < -0.3 is 9.64 Å². The molecule has 9 heteroatoms. The van der Waals surface area contributed by atoms with Crippen LogP contribution in [0, 0.1) is 0 Å². The number of rotatable bonds is 6. The second-order valence-corrected chi connectivity index (χ2v) is 8.07. The summed E-state index contributed by atoms with van der Waals surface area (Å²) in [6, 6.07) is 12.2. The van der Waals surface area contributed by atoms with Crippen LogP contribution < -0.4 is 4.72 Å². The van der Waals surface area contributed by atoms with E-state index in [1.54, 1.807) is 44.4 Å². The standard InChI is InChI=1S/C18H19ClN2O5S/c1-20-27(24,25)13-9-10-15(19)14(11-13)18(23)26-16(17(22)21(2)3)12-7-5-4-6-8-12/h4-11,16,20H,1-3H3. The van der Waals surface area contributed by atoms with Gasteiger partial charge in [0, 0.05) is 19.7 Å². The zero-order valence-corrected chi connectivity index (χ0v) is 16.5. The Bertz CT molecular complexity index is 945. The molecule has 1 N–H and O–H groups in total. The molecule has 0 heterocycles. The summed E-state index contributed by atoms with van der Waals surface area (Å²) in [5.74, 6) is -1.35. The van der Waals surface area contributed by atoms with Crippen LogP contribution in [-0.4, -0.2) is 46.3 Å². The molecule has 144 valence electrons. The van der Waals surface area contributed by atoms with E-state index in [4.69, 9.17) is 16.3 Å². The first-order valence-electron chi connectivity index (χ1n) is 7.87. The fourth-order valence-corrected chi connectivity index (χ4v) is 3.19. The predicted octanol–water partition coefficient (Wildman–Crippen LogP) is 2.23. The molecule has 7 nitrogen and oxygen atoms in total. The Labute approximate surface area is 162 Å². The van der Waals surface area contributed by atoms with Crippen LogP contribution in [0.2, 0.25) is 5.02 Å². The zero-order valence-electron chi connectivity index (χ0n) is 15.0. The van der Waals surface area contributed by atoms with E-state index in [0.717, 1.165) is 6.07 Å². The van der Waals surface area contributed by atoms with Crippen molar-refractivity contribution in [1.82, 2.24) is 9.62 Å². The molecule has 0 fully saturated rings. The smallest absolute Gasteiger partial charge is 0.340 e. The molecule has 0 saturated heterocycles. The molecule has 2 aromatic carbocycles. The van der Waals surface area contributed by atoms with Gasteiger partial charge in [-0.1, -0.05) is 41.9 Å². The lowest BCUT2D eigenvalue weighted by Gasteiger charge is -2.21. The summed E-state index contributed by atoms with van der Waals surface area (Å²) in [5, 5.41) is 0.0131. The van der Waals surface area contributed by atoms with Crippen molar-refractivity contribution in [2.45, 2.75) is 11.0 Å². The second kappa shape index (κ2) is 8.51. The highest BCUT2D eigenvalue weighted by Crippen LogP contribution is 2.25. The number of carbonyl (C=O) groups excluding carboxylic acids is 2.